The largest absolute Gasteiger partial charge is 0.0678 e. The highest BCUT2D eigenvalue weighted by molar-refractivity contribution is 6.82. The van der Waals surface area contributed by atoms with Crippen molar-refractivity contribution in [1.82, 2.24) is 0 Å². The topological polar surface area (TPSA) is 0 Å². The summed E-state index contributed by atoms with van der Waals surface area (Å²) in [5.74, 6) is 7.18. The molecule has 45 heavy (non-hydrogen) atoms. The first-order valence-electron chi connectivity index (χ1n) is 19.5. The molecular formula is C44H68Si. The lowest BCUT2D eigenvalue weighted by Gasteiger charge is -2.52. The molecule has 0 N–H and O–H groups in total. The Morgan fingerprint density at radius 1 is 0.533 bits per heavy atom. The number of benzene rings is 2. The van der Waals surface area contributed by atoms with Crippen LogP contribution in [0.4, 0.5) is 0 Å². The van der Waals surface area contributed by atoms with Gasteiger partial charge in [-0.25, -0.2) is 0 Å². The van der Waals surface area contributed by atoms with Gasteiger partial charge in [0.1, 0.15) is 0 Å². The summed E-state index contributed by atoms with van der Waals surface area (Å²) in [5.41, 5.74) is 8.83. The molecule has 2 aromatic rings. The Bertz CT molecular complexity index is 1170. The molecule has 0 saturated heterocycles. The summed E-state index contributed by atoms with van der Waals surface area (Å²) in [6.45, 7) is 24.9. The molecule has 4 aliphatic carbocycles. The Morgan fingerprint density at radius 3 is 1.20 bits per heavy atom. The molecule has 4 fully saturated rings. The molecule has 10 atom stereocenters. The van der Waals surface area contributed by atoms with Crippen LogP contribution in [0, 0.1) is 35.5 Å². The Kier molecular flexibility index (Phi) is 9.39. The minimum Gasteiger partial charge on any atom is -0.0678 e. The van der Waals surface area contributed by atoms with Gasteiger partial charge in [0.15, 0.2) is 0 Å². The van der Waals surface area contributed by atoms with E-state index >= 15 is 0 Å². The minimum absolute atomic E-state index is 0.234. The lowest BCUT2D eigenvalue weighted by Crippen LogP contribution is -2.51. The van der Waals surface area contributed by atoms with E-state index in [1.54, 1.807) is 11.1 Å². The average Bonchev–Trinajstić information content (AvgIpc) is 3.54. The highest BCUT2D eigenvalue weighted by Crippen LogP contribution is 2.68. The van der Waals surface area contributed by atoms with Gasteiger partial charge in [0.25, 0.3) is 0 Å². The first kappa shape index (κ1) is 33.6. The molecule has 0 aromatic heterocycles. The molecule has 0 nitrogen and oxygen atoms in total. The Hall–Kier alpha value is -1.34. The van der Waals surface area contributed by atoms with Crippen LogP contribution in [0.3, 0.4) is 0 Å². The number of hydrogen-bond donors (Lipinski definition) is 0. The summed E-state index contributed by atoms with van der Waals surface area (Å²) >= 11 is 0. The molecule has 2 aromatic carbocycles. The summed E-state index contributed by atoms with van der Waals surface area (Å²) in [6.07, 6.45) is 11.8. The van der Waals surface area contributed by atoms with E-state index in [2.05, 4.69) is 118 Å². The van der Waals surface area contributed by atoms with E-state index in [1.807, 2.05) is 0 Å². The SMILES string of the molecule is CC[Si](CC)(C1C(C)CC2C(c3ccc(C(C)(C)C)cc3)CCCC21)C1C(C)CC2C(c3ccc(C(C)(C)C)cc3)CCCC21. The van der Waals surface area contributed by atoms with Crippen LogP contribution in [0.25, 0.3) is 0 Å². The molecule has 1 heteroatoms. The van der Waals surface area contributed by atoms with Gasteiger partial charge in [0.2, 0.25) is 0 Å². The van der Waals surface area contributed by atoms with E-state index in [9.17, 15) is 0 Å². The van der Waals surface area contributed by atoms with Crippen molar-refractivity contribution in [2.45, 2.75) is 166 Å². The van der Waals surface area contributed by atoms with Crippen molar-refractivity contribution in [3.8, 4) is 0 Å². The van der Waals surface area contributed by atoms with Crippen molar-refractivity contribution in [3.05, 3.63) is 70.8 Å². The third kappa shape index (κ3) is 5.97. The maximum Gasteiger partial charge on any atom is 0.0603 e. The van der Waals surface area contributed by atoms with Gasteiger partial charge in [-0.1, -0.05) is 156 Å². The van der Waals surface area contributed by atoms with Gasteiger partial charge < -0.3 is 0 Å². The summed E-state index contributed by atoms with van der Waals surface area (Å²) in [6, 6.07) is 23.0. The van der Waals surface area contributed by atoms with Crippen LogP contribution >= 0.6 is 0 Å². The zero-order valence-electron chi connectivity index (χ0n) is 31.0. The number of rotatable bonds is 6. The molecule has 248 valence electrons. The van der Waals surface area contributed by atoms with Gasteiger partial charge in [0, 0.05) is 0 Å². The first-order valence-corrected chi connectivity index (χ1v) is 22.1. The predicted octanol–water partition coefficient (Wildman–Crippen LogP) is 13.3. The molecule has 0 heterocycles. The summed E-state index contributed by atoms with van der Waals surface area (Å²) < 4.78 is 0. The van der Waals surface area contributed by atoms with Crippen molar-refractivity contribution >= 4 is 8.07 Å². The molecule has 0 spiro atoms. The second-order valence-electron chi connectivity index (χ2n) is 18.9. The monoisotopic (exact) mass is 625 g/mol. The minimum atomic E-state index is -1.55. The second kappa shape index (κ2) is 12.6. The van der Waals surface area contributed by atoms with Gasteiger partial charge in [-0.15, -0.1) is 0 Å². The summed E-state index contributed by atoms with van der Waals surface area (Å²) in [4.78, 5) is 0. The van der Waals surface area contributed by atoms with Crippen LogP contribution in [0.1, 0.15) is 155 Å². The van der Waals surface area contributed by atoms with E-state index in [1.165, 1.54) is 74.6 Å². The van der Waals surface area contributed by atoms with Crippen LogP contribution in [-0.4, -0.2) is 8.07 Å². The first-order chi connectivity index (χ1) is 21.3. The fourth-order valence-corrected chi connectivity index (χ4v) is 20.8. The van der Waals surface area contributed by atoms with Crippen molar-refractivity contribution in [3.63, 3.8) is 0 Å². The van der Waals surface area contributed by atoms with E-state index < -0.39 is 8.07 Å². The van der Waals surface area contributed by atoms with Gasteiger partial charge >= 0.3 is 0 Å². The van der Waals surface area contributed by atoms with E-state index in [4.69, 9.17) is 0 Å². The van der Waals surface area contributed by atoms with Gasteiger partial charge in [-0.3, -0.25) is 0 Å². The highest BCUT2D eigenvalue weighted by atomic mass is 28.3. The Morgan fingerprint density at radius 2 is 0.889 bits per heavy atom. The molecule has 10 unspecified atom stereocenters. The fraction of sp³-hybridized carbons (Fsp3) is 0.727. The maximum absolute atomic E-state index is 2.73. The summed E-state index contributed by atoms with van der Waals surface area (Å²) in [7, 11) is -1.55. The van der Waals surface area contributed by atoms with Crippen molar-refractivity contribution in [1.29, 1.82) is 0 Å². The third-order valence-corrected chi connectivity index (χ3v) is 22.0. The number of hydrogen-bond acceptors (Lipinski definition) is 0. The maximum atomic E-state index is 2.73. The molecule has 4 saturated carbocycles. The standard InChI is InChI=1S/C44H68Si/c1-11-45(12-2,41-29(3)27-39-35(15-13-17-37(39)41)31-19-23-33(24-20-31)43(5,6)7)42-30(4)28-40-36(16-14-18-38(40)42)32-21-25-34(26-22-32)44(8,9)10/h19-26,29-30,35-42H,11-18,27-28H2,1-10H3. The number of fused-ring (bicyclic) bond motifs is 2. The highest BCUT2D eigenvalue weighted by Gasteiger charge is 2.61. The molecular weight excluding hydrogens is 557 g/mol. The zero-order valence-corrected chi connectivity index (χ0v) is 32.0. The van der Waals surface area contributed by atoms with Crippen molar-refractivity contribution < 1.29 is 0 Å². The zero-order chi connectivity index (χ0) is 32.3. The van der Waals surface area contributed by atoms with Crippen LogP contribution in [0.5, 0.6) is 0 Å². The Balaban J connectivity index is 1.28. The predicted molar refractivity (Wildman–Crippen MR) is 199 cm³/mol. The molecule has 6 rings (SSSR count). The molecule has 0 bridgehead atoms. The van der Waals surface area contributed by atoms with E-state index in [0.29, 0.717) is 0 Å². The van der Waals surface area contributed by atoms with E-state index in [-0.39, 0.29) is 10.8 Å². The smallest absolute Gasteiger partial charge is 0.0603 e. The van der Waals surface area contributed by atoms with Gasteiger partial charge in [-0.05, 0) is 117 Å². The fourth-order valence-electron chi connectivity index (χ4n) is 12.9. The van der Waals surface area contributed by atoms with Crippen LogP contribution in [0.2, 0.25) is 23.2 Å². The van der Waals surface area contributed by atoms with E-state index in [0.717, 1.165) is 58.4 Å². The van der Waals surface area contributed by atoms with Crippen LogP contribution in [0.15, 0.2) is 48.5 Å². The van der Waals surface area contributed by atoms with Crippen LogP contribution < -0.4 is 0 Å². The molecule has 0 aliphatic heterocycles. The Labute approximate surface area is 280 Å². The van der Waals surface area contributed by atoms with Crippen molar-refractivity contribution in [2.24, 2.45) is 35.5 Å². The van der Waals surface area contributed by atoms with Gasteiger partial charge in [-0.2, -0.15) is 0 Å². The lowest BCUT2D eigenvalue weighted by molar-refractivity contribution is 0.225. The quantitative estimate of drug-likeness (QED) is 0.280. The molecule has 0 amide bonds. The molecule has 0 radical (unpaired) electrons. The third-order valence-electron chi connectivity index (χ3n) is 14.7. The molecule has 4 aliphatic rings. The van der Waals surface area contributed by atoms with Crippen molar-refractivity contribution in [2.75, 3.05) is 0 Å². The summed E-state index contributed by atoms with van der Waals surface area (Å²) in [5, 5.41) is 0. The lowest BCUT2D eigenvalue weighted by atomic mass is 9.70. The normalized spacial score (nSPS) is 35.7. The van der Waals surface area contributed by atoms with Crippen LogP contribution in [-0.2, 0) is 10.8 Å². The van der Waals surface area contributed by atoms with Gasteiger partial charge in [0.05, 0.1) is 8.07 Å². The average molecular weight is 625 g/mol. The second-order valence-corrected chi connectivity index (χ2v) is 24.1.